The van der Waals surface area contributed by atoms with Gasteiger partial charge in [0.1, 0.15) is 5.69 Å². The Kier molecular flexibility index (Phi) is 6.35. The van der Waals surface area contributed by atoms with Gasteiger partial charge in [-0.2, -0.15) is 0 Å². The molecule has 2 aromatic rings. The first-order valence-corrected chi connectivity index (χ1v) is 8.60. The Morgan fingerprint density at radius 1 is 1.11 bits per heavy atom. The molecule has 0 atom stereocenters. The number of carbonyl (C=O) groups is 2. The highest BCUT2D eigenvalue weighted by molar-refractivity contribution is 5.97. The van der Waals surface area contributed by atoms with E-state index >= 15 is 0 Å². The first kappa shape index (κ1) is 20.9. The molecule has 0 fully saturated rings. The van der Waals surface area contributed by atoms with Crippen LogP contribution < -0.4 is 10.2 Å². The number of aryl methyl sites for hydroxylation is 3. The van der Waals surface area contributed by atoms with E-state index in [1.165, 1.54) is 12.1 Å². The summed E-state index contributed by atoms with van der Waals surface area (Å²) in [6, 6.07) is 7.93. The second-order valence-electron chi connectivity index (χ2n) is 6.75. The first-order valence-electron chi connectivity index (χ1n) is 8.60. The van der Waals surface area contributed by atoms with Crippen LogP contribution >= 0.6 is 0 Å². The van der Waals surface area contributed by atoms with Gasteiger partial charge in [0.05, 0.1) is 10.5 Å². The molecule has 28 heavy (non-hydrogen) atoms. The highest BCUT2D eigenvalue weighted by atomic mass is 16.6. The second kappa shape index (κ2) is 8.51. The number of esters is 1. The Balaban J connectivity index is 2.07. The number of benzene rings is 2. The smallest absolute Gasteiger partial charge is 0.338 e. The molecule has 8 nitrogen and oxygen atoms in total. The number of ether oxygens (including phenoxy) is 1. The van der Waals surface area contributed by atoms with E-state index in [1.54, 1.807) is 19.0 Å². The summed E-state index contributed by atoms with van der Waals surface area (Å²) < 4.78 is 5.01. The fourth-order valence-corrected chi connectivity index (χ4v) is 2.94. The van der Waals surface area contributed by atoms with E-state index in [-0.39, 0.29) is 11.3 Å². The third kappa shape index (κ3) is 4.85. The number of hydrogen-bond acceptors (Lipinski definition) is 6. The minimum atomic E-state index is -0.805. The molecule has 8 heteroatoms. The number of amides is 1. The lowest BCUT2D eigenvalue weighted by Crippen LogP contribution is -2.22. The van der Waals surface area contributed by atoms with Gasteiger partial charge in [-0.25, -0.2) is 4.79 Å². The lowest BCUT2D eigenvalue weighted by molar-refractivity contribution is -0.384. The molecule has 0 aliphatic heterocycles. The second-order valence-corrected chi connectivity index (χ2v) is 6.75. The molecular weight excluding hydrogens is 362 g/mol. The van der Waals surface area contributed by atoms with Gasteiger partial charge in [0.15, 0.2) is 6.61 Å². The zero-order valence-corrected chi connectivity index (χ0v) is 16.5. The molecule has 2 rings (SSSR count). The molecule has 0 aromatic heterocycles. The first-order chi connectivity index (χ1) is 13.1. The van der Waals surface area contributed by atoms with Crippen molar-refractivity contribution in [3.05, 3.63) is 62.7 Å². The SMILES string of the molecule is Cc1cc(C)c(NC(=O)COC(=O)c2ccc(N(C)C)c([N+](=O)[O-])c2)c(C)c1. The van der Waals surface area contributed by atoms with Gasteiger partial charge in [-0.05, 0) is 44.0 Å². The van der Waals surface area contributed by atoms with E-state index in [0.717, 1.165) is 22.8 Å². The normalized spacial score (nSPS) is 10.3. The number of hydrogen-bond donors (Lipinski definition) is 1. The number of nitro groups is 1. The van der Waals surface area contributed by atoms with Crippen molar-refractivity contribution in [3.8, 4) is 0 Å². The number of nitrogens with zero attached hydrogens (tertiary/aromatic N) is 2. The fraction of sp³-hybridized carbons (Fsp3) is 0.300. The average molecular weight is 385 g/mol. The Hall–Kier alpha value is -3.42. The third-order valence-electron chi connectivity index (χ3n) is 4.17. The zero-order chi connectivity index (χ0) is 21.0. The molecular formula is C20H23N3O5. The Labute approximate surface area is 163 Å². The summed E-state index contributed by atoms with van der Waals surface area (Å²) in [5.41, 5.74) is 3.74. The molecule has 0 spiro atoms. The van der Waals surface area contributed by atoms with Crippen LogP contribution in [0.4, 0.5) is 17.1 Å². The van der Waals surface area contributed by atoms with Crippen LogP contribution in [-0.4, -0.2) is 37.5 Å². The maximum absolute atomic E-state index is 12.2. The van der Waals surface area contributed by atoms with E-state index < -0.39 is 23.4 Å². The van der Waals surface area contributed by atoms with E-state index in [9.17, 15) is 19.7 Å². The Bertz CT molecular complexity index is 914. The number of nitrogens with one attached hydrogen (secondary N) is 1. The topological polar surface area (TPSA) is 102 Å². The number of anilines is 2. The molecule has 0 aliphatic carbocycles. The molecule has 1 N–H and O–H groups in total. The maximum Gasteiger partial charge on any atom is 0.338 e. The highest BCUT2D eigenvalue weighted by Gasteiger charge is 2.20. The molecule has 148 valence electrons. The molecule has 0 unspecified atom stereocenters. The van der Waals surface area contributed by atoms with Crippen LogP contribution in [0.15, 0.2) is 30.3 Å². The van der Waals surface area contributed by atoms with E-state index in [4.69, 9.17) is 4.74 Å². The van der Waals surface area contributed by atoms with Crippen LogP contribution in [0, 0.1) is 30.9 Å². The van der Waals surface area contributed by atoms with Crippen molar-refractivity contribution in [2.75, 3.05) is 30.9 Å². The molecule has 0 bridgehead atoms. The standard InChI is InChI=1S/C20H23N3O5/c1-12-8-13(2)19(14(3)9-12)21-18(24)11-28-20(25)15-6-7-16(22(4)5)17(10-15)23(26)27/h6-10H,11H2,1-5H3,(H,21,24). The number of rotatable bonds is 6. The lowest BCUT2D eigenvalue weighted by Gasteiger charge is -2.14. The summed E-state index contributed by atoms with van der Waals surface area (Å²) in [5, 5.41) is 14.0. The fourth-order valence-electron chi connectivity index (χ4n) is 2.94. The van der Waals surface area contributed by atoms with E-state index in [2.05, 4.69) is 5.32 Å². The summed E-state index contributed by atoms with van der Waals surface area (Å²) in [6.45, 7) is 5.24. The van der Waals surface area contributed by atoms with Crippen molar-refractivity contribution >= 4 is 28.9 Å². The van der Waals surface area contributed by atoms with Crippen molar-refractivity contribution in [3.63, 3.8) is 0 Å². The predicted octanol–water partition coefficient (Wildman–Crippen LogP) is 3.38. The molecule has 0 saturated heterocycles. The summed E-state index contributed by atoms with van der Waals surface area (Å²) in [5.74, 6) is -1.29. The van der Waals surface area contributed by atoms with Crippen LogP contribution in [0.25, 0.3) is 0 Å². The Morgan fingerprint density at radius 2 is 1.71 bits per heavy atom. The predicted molar refractivity (Wildman–Crippen MR) is 107 cm³/mol. The summed E-state index contributed by atoms with van der Waals surface area (Å²) in [7, 11) is 3.33. The van der Waals surface area contributed by atoms with Gasteiger partial charge in [0.25, 0.3) is 11.6 Å². The minimum absolute atomic E-state index is 0.00722. The van der Waals surface area contributed by atoms with Crippen molar-refractivity contribution in [2.45, 2.75) is 20.8 Å². The quantitative estimate of drug-likeness (QED) is 0.465. The largest absolute Gasteiger partial charge is 0.452 e. The molecule has 2 aromatic carbocycles. The van der Waals surface area contributed by atoms with Gasteiger partial charge in [-0.3, -0.25) is 14.9 Å². The molecule has 0 aliphatic rings. The average Bonchev–Trinajstić information content (AvgIpc) is 2.61. The van der Waals surface area contributed by atoms with E-state index in [0.29, 0.717) is 11.4 Å². The summed E-state index contributed by atoms with van der Waals surface area (Å²) in [4.78, 5) is 36.6. The third-order valence-corrected chi connectivity index (χ3v) is 4.17. The zero-order valence-electron chi connectivity index (χ0n) is 16.5. The van der Waals surface area contributed by atoms with Gasteiger partial charge in [0.2, 0.25) is 0 Å². The molecule has 0 heterocycles. The van der Waals surface area contributed by atoms with Crippen LogP contribution in [0.2, 0.25) is 0 Å². The highest BCUT2D eigenvalue weighted by Crippen LogP contribution is 2.28. The molecule has 1 amide bonds. The van der Waals surface area contributed by atoms with Gasteiger partial charge in [-0.1, -0.05) is 17.7 Å². The van der Waals surface area contributed by atoms with Gasteiger partial charge < -0.3 is 15.0 Å². The van der Waals surface area contributed by atoms with Gasteiger partial charge in [0, 0.05) is 25.8 Å². The van der Waals surface area contributed by atoms with Crippen molar-refractivity contribution in [1.82, 2.24) is 0 Å². The van der Waals surface area contributed by atoms with Crippen LogP contribution in [-0.2, 0) is 9.53 Å². The van der Waals surface area contributed by atoms with Crippen LogP contribution in [0.1, 0.15) is 27.0 Å². The van der Waals surface area contributed by atoms with E-state index in [1.807, 2.05) is 32.9 Å². The van der Waals surface area contributed by atoms with Gasteiger partial charge in [-0.15, -0.1) is 0 Å². The van der Waals surface area contributed by atoms with Crippen molar-refractivity contribution < 1.29 is 19.2 Å². The molecule has 0 radical (unpaired) electrons. The monoisotopic (exact) mass is 385 g/mol. The summed E-state index contributed by atoms with van der Waals surface area (Å²) >= 11 is 0. The van der Waals surface area contributed by atoms with Crippen molar-refractivity contribution in [2.24, 2.45) is 0 Å². The number of carbonyl (C=O) groups excluding carboxylic acids is 2. The maximum atomic E-state index is 12.2. The van der Waals surface area contributed by atoms with Gasteiger partial charge >= 0.3 is 5.97 Å². The Morgan fingerprint density at radius 3 is 2.25 bits per heavy atom. The van der Waals surface area contributed by atoms with Crippen LogP contribution in [0.5, 0.6) is 0 Å². The lowest BCUT2D eigenvalue weighted by atomic mass is 10.1. The molecule has 0 saturated carbocycles. The minimum Gasteiger partial charge on any atom is -0.452 e. The van der Waals surface area contributed by atoms with Crippen molar-refractivity contribution in [1.29, 1.82) is 0 Å². The number of nitro benzene ring substituents is 1. The summed E-state index contributed by atoms with van der Waals surface area (Å²) in [6.07, 6.45) is 0. The van der Waals surface area contributed by atoms with Crippen LogP contribution in [0.3, 0.4) is 0 Å².